The van der Waals surface area contributed by atoms with Gasteiger partial charge in [-0.2, -0.15) is 0 Å². The van der Waals surface area contributed by atoms with Gasteiger partial charge in [-0.3, -0.25) is 4.79 Å². The number of hydrogen-bond donors (Lipinski definition) is 1. The molecule has 1 N–H and O–H groups in total. The van der Waals surface area contributed by atoms with E-state index in [1.54, 1.807) is 0 Å². The number of hydrogen-bond acceptors (Lipinski definition) is 3. The Bertz CT molecular complexity index is 170. The average molecular weight is 170 g/mol. The fourth-order valence-electron chi connectivity index (χ4n) is 1.27. The van der Waals surface area contributed by atoms with Crippen LogP contribution in [0.15, 0.2) is 0 Å². The fourth-order valence-corrected chi connectivity index (χ4v) is 1.27. The van der Waals surface area contributed by atoms with Gasteiger partial charge in [-0.05, 0) is 0 Å². The van der Waals surface area contributed by atoms with E-state index in [-0.39, 0.29) is 5.91 Å². The maximum atomic E-state index is 10.9. The van der Waals surface area contributed by atoms with E-state index in [2.05, 4.69) is 10.2 Å². The summed E-state index contributed by atoms with van der Waals surface area (Å²) in [5, 5.41) is 2.78. The monoisotopic (exact) mass is 170 g/mol. The van der Waals surface area contributed by atoms with Gasteiger partial charge in [-0.1, -0.05) is 0 Å². The van der Waals surface area contributed by atoms with E-state index in [1.165, 1.54) is 0 Å². The molecular weight excluding hydrogens is 156 g/mol. The second-order valence-electron chi connectivity index (χ2n) is 2.90. The van der Waals surface area contributed by atoms with Crippen molar-refractivity contribution in [3.05, 3.63) is 0 Å². The van der Waals surface area contributed by atoms with Crippen molar-refractivity contribution in [2.24, 2.45) is 0 Å². The third-order valence-corrected chi connectivity index (χ3v) is 1.97. The number of nitrogens with one attached hydrogen (secondary N) is 1. The van der Waals surface area contributed by atoms with Crippen molar-refractivity contribution in [3.8, 4) is 0 Å². The van der Waals surface area contributed by atoms with Crippen molar-refractivity contribution in [1.82, 2.24) is 10.2 Å². The molecule has 1 rings (SSSR count). The van der Waals surface area contributed by atoms with Crippen LogP contribution in [0.5, 0.6) is 0 Å². The Morgan fingerprint density at radius 2 is 2.33 bits per heavy atom. The van der Waals surface area contributed by atoms with Crippen molar-refractivity contribution in [3.63, 3.8) is 0 Å². The Hall–Kier alpha value is -0.900. The highest BCUT2D eigenvalue weighted by Gasteiger charge is 2.11. The minimum absolute atomic E-state index is 0.114. The number of carbonyl (C=O) groups excluding carboxylic acids is 2. The molecule has 1 saturated heterocycles. The normalized spacial score (nSPS) is 19.8. The third kappa shape index (κ3) is 3.00. The molecule has 1 fully saturated rings. The SMILES string of the molecule is O=CCCN1CCNC(=O)CC1. The van der Waals surface area contributed by atoms with Crippen LogP contribution >= 0.6 is 0 Å². The maximum absolute atomic E-state index is 10.9. The molecule has 0 spiro atoms. The van der Waals surface area contributed by atoms with E-state index < -0.39 is 0 Å². The highest BCUT2D eigenvalue weighted by Crippen LogP contribution is 1.96. The van der Waals surface area contributed by atoms with Crippen molar-refractivity contribution in [2.45, 2.75) is 12.8 Å². The van der Waals surface area contributed by atoms with E-state index in [0.29, 0.717) is 19.4 Å². The first kappa shape index (κ1) is 9.19. The highest BCUT2D eigenvalue weighted by molar-refractivity contribution is 5.76. The summed E-state index contributed by atoms with van der Waals surface area (Å²) < 4.78 is 0. The molecule has 1 amide bonds. The molecule has 1 aliphatic heterocycles. The van der Waals surface area contributed by atoms with Crippen LogP contribution in [0.25, 0.3) is 0 Å². The van der Waals surface area contributed by atoms with Crippen LogP contribution < -0.4 is 5.32 Å². The lowest BCUT2D eigenvalue weighted by Crippen LogP contribution is -2.29. The Morgan fingerprint density at radius 1 is 1.50 bits per heavy atom. The second kappa shape index (κ2) is 4.87. The van der Waals surface area contributed by atoms with Gasteiger partial charge in [0.05, 0.1) is 0 Å². The van der Waals surface area contributed by atoms with E-state index in [4.69, 9.17) is 0 Å². The predicted molar refractivity (Wildman–Crippen MR) is 44.7 cm³/mol. The van der Waals surface area contributed by atoms with Gasteiger partial charge < -0.3 is 15.0 Å². The molecule has 4 nitrogen and oxygen atoms in total. The molecule has 0 saturated carbocycles. The summed E-state index contributed by atoms with van der Waals surface area (Å²) >= 11 is 0. The molecule has 12 heavy (non-hydrogen) atoms. The maximum Gasteiger partial charge on any atom is 0.221 e. The van der Waals surface area contributed by atoms with Gasteiger partial charge in [0.25, 0.3) is 0 Å². The summed E-state index contributed by atoms with van der Waals surface area (Å²) in [6.07, 6.45) is 2.03. The molecule has 0 bridgehead atoms. The zero-order valence-electron chi connectivity index (χ0n) is 7.08. The lowest BCUT2D eigenvalue weighted by molar-refractivity contribution is -0.120. The van der Waals surface area contributed by atoms with E-state index >= 15 is 0 Å². The molecule has 0 aromatic heterocycles. The Labute approximate surface area is 71.9 Å². The van der Waals surface area contributed by atoms with Crippen molar-refractivity contribution >= 4 is 12.2 Å². The number of rotatable bonds is 3. The van der Waals surface area contributed by atoms with Gasteiger partial charge in [-0.25, -0.2) is 0 Å². The van der Waals surface area contributed by atoms with E-state index in [9.17, 15) is 9.59 Å². The Morgan fingerprint density at radius 3 is 3.08 bits per heavy atom. The Kier molecular flexibility index (Phi) is 3.73. The minimum atomic E-state index is 0.114. The van der Waals surface area contributed by atoms with Gasteiger partial charge in [-0.15, -0.1) is 0 Å². The summed E-state index contributed by atoms with van der Waals surface area (Å²) in [4.78, 5) is 23.1. The molecule has 0 aromatic carbocycles. The molecule has 68 valence electrons. The van der Waals surface area contributed by atoms with Crippen molar-refractivity contribution < 1.29 is 9.59 Å². The zero-order valence-corrected chi connectivity index (χ0v) is 7.08. The molecule has 1 heterocycles. The number of aldehydes is 1. The second-order valence-corrected chi connectivity index (χ2v) is 2.90. The molecule has 0 aliphatic carbocycles. The molecule has 0 unspecified atom stereocenters. The summed E-state index contributed by atoms with van der Waals surface area (Å²) in [5.74, 6) is 0.114. The average Bonchev–Trinajstić information content (AvgIpc) is 2.27. The Balaban J connectivity index is 2.25. The fraction of sp³-hybridized carbons (Fsp3) is 0.750. The third-order valence-electron chi connectivity index (χ3n) is 1.97. The highest BCUT2D eigenvalue weighted by atomic mass is 16.1. The number of amides is 1. The lowest BCUT2D eigenvalue weighted by Gasteiger charge is -2.16. The largest absolute Gasteiger partial charge is 0.355 e. The molecule has 0 atom stereocenters. The van der Waals surface area contributed by atoms with Gasteiger partial charge in [0.1, 0.15) is 6.29 Å². The molecule has 1 aliphatic rings. The van der Waals surface area contributed by atoms with Crippen LogP contribution in [0.3, 0.4) is 0 Å². The molecular formula is C8H14N2O2. The standard InChI is InChI=1S/C8H14N2O2/c11-7-1-4-10-5-2-8(12)9-3-6-10/h7H,1-6H2,(H,9,12). The summed E-state index contributed by atoms with van der Waals surface area (Å²) in [6, 6.07) is 0. The van der Waals surface area contributed by atoms with Gasteiger partial charge >= 0.3 is 0 Å². The zero-order chi connectivity index (χ0) is 8.81. The molecule has 4 heteroatoms. The molecule has 0 radical (unpaired) electrons. The van der Waals surface area contributed by atoms with Crippen molar-refractivity contribution in [1.29, 1.82) is 0 Å². The van der Waals surface area contributed by atoms with Gasteiger partial charge in [0.15, 0.2) is 0 Å². The van der Waals surface area contributed by atoms with E-state index in [0.717, 1.165) is 25.9 Å². The molecule has 0 aromatic rings. The smallest absolute Gasteiger partial charge is 0.221 e. The first-order valence-electron chi connectivity index (χ1n) is 4.25. The van der Waals surface area contributed by atoms with Crippen LogP contribution in [0.1, 0.15) is 12.8 Å². The minimum Gasteiger partial charge on any atom is -0.355 e. The predicted octanol–water partition coefficient (Wildman–Crippen LogP) is -0.603. The van der Waals surface area contributed by atoms with Crippen molar-refractivity contribution in [2.75, 3.05) is 26.2 Å². The lowest BCUT2D eigenvalue weighted by atomic mass is 10.3. The van der Waals surface area contributed by atoms with Crippen LogP contribution in [-0.4, -0.2) is 43.3 Å². The quantitative estimate of drug-likeness (QED) is 0.575. The van der Waals surface area contributed by atoms with Crippen LogP contribution in [0.2, 0.25) is 0 Å². The van der Waals surface area contributed by atoms with Crippen LogP contribution in [-0.2, 0) is 9.59 Å². The van der Waals surface area contributed by atoms with Crippen LogP contribution in [0, 0.1) is 0 Å². The first-order valence-corrected chi connectivity index (χ1v) is 4.25. The summed E-state index contributed by atoms with van der Waals surface area (Å²) in [6.45, 7) is 3.12. The number of nitrogens with zero attached hydrogens (tertiary/aromatic N) is 1. The number of carbonyl (C=O) groups is 2. The summed E-state index contributed by atoms with van der Waals surface area (Å²) in [7, 11) is 0. The van der Waals surface area contributed by atoms with Gasteiger partial charge in [0.2, 0.25) is 5.91 Å². The van der Waals surface area contributed by atoms with E-state index in [1.807, 2.05) is 0 Å². The van der Waals surface area contributed by atoms with Gasteiger partial charge in [0, 0.05) is 39.0 Å². The first-order chi connectivity index (χ1) is 5.83. The van der Waals surface area contributed by atoms with Crippen LogP contribution in [0.4, 0.5) is 0 Å². The summed E-state index contributed by atoms with van der Waals surface area (Å²) in [5.41, 5.74) is 0. The topological polar surface area (TPSA) is 49.4 Å².